The second-order valence-electron chi connectivity index (χ2n) is 5.22. The van der Waals surface area contributed by atoms with Gasteiger partial charge in [0, 0.05) is 23.9 Å². The molecule has 0 aliphatic rings. The van der Waals surface area contributed by atoms with E-state index in [0.29, 0.717) is 17.3 Å². The molecule has 0 saturated carbocycles. The lowest BCUT2D eigenvalue weighted by Crippen LogP contribution is -2.25. The fourth-order valence-electron chi connectivity index (χ4n) is 2.16. The smallest absolute Gasteiger partial charge is 0.241 e. The molecule has 0 radical (unpaired) electrons. The summed E-state index contributed by atoms with van der Waals surface area (Å²) in [6.07, 6.45) is 0.542. The highest BCUT2D eigenvalue weighted by atomic mass is 35.5. The number of hydrogen-bond acceptors (Lipinski definition) is 5. The van der Waals surface area contributed by atoms with Gasteiger partial charge in [0.25, 0.3) is 0 Å². The van der Waals surface area contributed by atoms with E-state index in [9.17, 15) is 8.42 Å². The van der Waals surface area contributed by atoms with Crippen molar-refractivity contribution < 1.29 is 8.42 Å². The Morgan fingerprint density at radius 1 is 1.25 bits per heavy atom. The molecule has 8 heteroatoms. The van der Waals surface area contributed by atoms with Crippen LogP contribution < -0.4 is 4.72 Å². The SMILES string of the molecule is Cc1cccc(-c2nc(CCNS(=O)(=O)c3ccc(Cl)s3)cs2)c1. The summed E-state index contributed by atoms with van der Waals surface area (Å²) in [4.78, 5) is 4.58. The number of sulfonamides is 1. The molecule has 0 amide bonds. The fraction of sp³-hybridized carbons (Fsp3) is 0.188. The Hall–Kier alpha value is -1.25. The van der Waals surface area contributed by atoms with E-state index in [2.05, 4.69) is 15.8 Å². The summed E-state index contributed by atoms with van der Waals surface area (Å²) in [5, 5.41) is 2.91. The molecule has 0 aliphatic heterocycles. The maximum atomic E-state index is 12.1. The Balaban J connectivity index is 1.62. The lowest BCUT2D eigenvalue weighted by molar-refractivity contribution is 0.583. The third-order valence-corrected chi connectivity index (χ3v) is 7.43. The Morgan fingerprint density at radius 3 is 2.79 bits per heavy atom. The Bertz CT molecular complexity index is 948. The van der Waals surface area contributed by atoms with Gasteiger partial charge in [-0.25, -0.2) is 18.1 Å². The molecular formula is C16H15ClN2O2S3. The number of rotatable bonds is 6. The predicted molar refractivity (Wildman–Crippen MR) is 101 cm³/mol. The van der Waals surface area contributed by atoms with Gasteiger partial charge in [-0.3, -0.25) is 0 Å². The minimum absolute atomic E-state index is 0.228. The fourth-order valence-corrected chi connectivity index (χ4v) is 5.57. The summed E-state index contributed by atoms with van der Waals surface area (Å²) in [6, 6.07) is 11.3. The number of halogens is 1. The molecular weight excluding hydrogens is 384 g/mol. The number of thiophene rings is 1. The first kappa shape index (κ1) is 17.6. The van der Waals surface area contributed by atoms with Crippen molar-refractivity contribution in [2.24, 2.45) is 0 Å². The van der Waals surface area contributed by atoms with Crippen LogP contribution in [0.5, 0.6) is 0 Å². The van der Waals surface area contributed by atoms with Crippen LogP contribution in [0, 0.1) is 6.92 Å². The van der Waals surface area contributed by atoms with Crippen LogP contribution in [0.25, 0.3) is 10.6 Å². The first-order chi connectivity index (χ1) is 11.4. The van der Waals surface area contributed by atoms with Gasteiger partial charge >= 0.3 is 0 Å². The topological polar surface area (TPSA) is 59.1 Å². The minimum atomic E-state index is -3.50. The Morgan fingerprint density at radius 2 is 2.08 bits per heavy atom. The van der Waals surface area contributed by atoms with Crippen molar-refractivity contribution in [3.8, 4) is 10.6 Å². The van der Waals surface area contributed by atoms with Gasteiger partial charge in [0.05, 0.1) is 10.0 Å². The van der Waals surface area contributed by atoms with E-state index < -0.39 is 10.0 Å². The Kier molecular flexibility index (Phi) is 5.36. The lowest BCUT2D eigenvalue weighted by atomic mass is 10.1. The van der Waals surface area contributed by atoms with Crippen LogP contribution in [0.4, 0.5) is 0 Å². The average molecular weight is 399 g/mol. The molecule has 0 spiro atoms. The molecule has 0 saturated heterocycles. The minimum Gasteiger partial charge on any atom is -0.241 e. The number of thiazole rings is 1. The van der Waals surface area contributed by atoms with Gasteiger partial charge in [-0.2, -0.15) is 0 Å². The first-order valence-corrected chi connectivity index (χ1v) is 10.8. The number of nitrogens with zero attached hydrogens (tertiary/aromatic N) is 1. The molecule has 0 unspecified atom stereocenters. The molecule has 0 fully saturated rings. The van der Waals surface area contributed by atoms with Crippen molar-refractivity contribution >= 4 is 44.3 Å². The highest BCUT2D eigenvalue weighted by Crippen LogP contribution is 2.26. The second-order valence-corrected chi connectivity index (χ2v) is 9.79. The third-order valence-electron chi connectivity index (χ3n) is 3.30. The van der Waals surface area contributed by atoms with Crippen LogP contribution in [0.3, 0.4) is 0 Å². The van der Waals surface area contributed by atoms with Gasteiger partial charge in [0.2, 0.25) is 10.0 Å². The lowest BCUT2D eigenvalue weighted by Gasteiger charge is -2.03. The third kappa shape index (κ3) is 4.23. The number of aromatic nitrogens is 1. The summed E-state index contributed by atoms with van der Waals surface area (Å²) in [6.45, 7) is 2.35. The zero-order valence-corrected chi connectivity index (χ0v) is 16.0. The van der Waals surface area contributed by atoms with E-state index in [-0.39, 0.29) is 4.21 Å². The largest absolute Gasteiger partial charge is 0.250 e. The van der Waals surface area contributed by atoms with E-state index in [0.717, 1.165) is 27.6 Å². The van der Waals surface area contributed by atoms with Gasteiger partial charge in [-0.05, 0) is 25.1 Å². The summed E-state index contributed by atoms with van der Waals surface area (Å²) < 4.78 is 27.5. The molecule has 2 aromatic heterocycles. The van der Waals surface area contributed by atoms with E-state index >= 15 is 0 Å². The van der Waals surface area contributed by atoms with Gasteiger partial charge < -0.3 is 0 Å². The normalized spacial score (nSPS) is 11.8. The maximum absolute atomic E-state index is 12.1. The van der Waals surface area contributed by atoms with Gasteiger partial charge in [-0.1, -0.05) is 35.4 Å². The van der Waals surface area contributed by atoms with Crippen LogP contribution in [-0.4, -0.2) is 19.9 Å². The van der Waals surface area contributed by atoms with Crippen LogP contribution >= 0.6 is 34.3 Å². The van der Waals surface area contributed by atoms with Crippen molar-refractivity contribution in [2.75, 3.05) is 6.54 Å². The molecule has 24 heavy (non-hydrogen) atoms. The van der Waals surface area contributed by atoms with Crippen LogP contribution in [0.2, 0.25) is 4.34 Å². The zero-order valence-electron chi connectivity index (χ0n) is 12.8. The number of hydrogen-bond donors (Lipinski definition) is 1. The van der Waals surface area contributed by atoms with E-state index in [1.54, 1.807) is 17.4 Å². The quantitative estimate of drug-likeness (QED) is 0.671. The van der Waals surface area contributed by atoms with E-state index in [1.165, 1.54) is 11.6 Å². The summed E-state index contributed by atoms with van der Waals surface area (Å²) in [5.74, 6) is 0. The van der Waals surface area contributed by atoms with Crippen molar-refractivity contribution in [3.63, 3.8) is 0 Å². The van der Waals surface area contributed by atoms with Crippen LogP contribution in [-0.2, 0) is 16.4 Å². The zero-order chi connectivity index (χ0) is 17.2. The molecule has 126 valence electrons. The highest BCUT2D eigenvalue weighted by Gasteiger charge is 2.16. The first-order valence-electron chi connectivity index (χ1n) is 7.20. The van der Waals surface area contributed by atoms with Crippen molar-refractivity contribution in [3.05, 3.63) is 57.4 Å². The second kappa shape index (κ2) is 7.33. The standard InChI is InChI=1S/C16H15ClN2O2S3/c1-11-3-2-4-12(9-11)16-19-13(10-22-16)7-8-18-24(20,21)15-6-5-14(17)23-15/h2-6,9-10,18H,7-8H2,1H3. The number of nitrogens with one attached hydrogen (secondary N) is 1. The summed E-state index contributed by atoms with van der Waals surface area (Å²) in [7, 11) is -3.50. The van der Waals surface area contributed by atoms with Crippen molar-refractivity contribution in [1.29, 1.82) is 0 Å². The van der Waals surface area contributed by atoms with Crippen molar-refractivity contribution in [1.82, 2.24) is 9.71 Å². The molecule has 0 aliphatic carbocycles. The monoisotopic (exact) mass is 398 g/mol. The van der Waals surface area contributed by atoms with Crippen LogP contribution in [0.1, 0.15) is 11.3 Å². The molecule has 4 nitrogen and oxygen atoms in total. The van der Waals surface area contributed by atoms with Crippen molar-refractivity contribution in [2.45, 2.75) is 17.6 Å². The summed E-state index contributed by atoms with van der Waals surface area (Å²) in [5.41, 5.74) is 3.15. The molecule has 1 N–H and O–H groups in total. The average Bonchev–Trinajstić information content (AvgIpc) is 3.16. The van der Waals surface area contributed by atoms with Gasteiger partial charge in [0.15, 0.2) is 0 Å². The van der Waals surface area contributed by atoms with E-state index in [1.807, 2.05) is 30.5 Å². The molecule has 0 atom stereocenters. The molecule has 2 heterocycles. The highest BCUT2D eigenvalue weighted by molar-refractivity contribution is 7.91. The van der Waals surface area contributed by atoms with Crippen LogP contribution in [0.15, 0.2) is 46.0 Å². The summed E-state index contributed by atoms with van der Waals surface area (Å²) >= 11 is 8.40. The number of benzene rings is 1. The van der Waals surface area contributed by atoms with Gasteiger partial charge in [-0.15, -0.1) is 22.7 Å². The number of aryl methyl sites for hydroxylation is 1. The molecule has 3 rings (SSSR count). The Labute approximate surface area is 154 Å². The van der Waals surface area contributed by atoms with Gasteiger partial charge in [0.1, 0.15) is 9.22 Å². The molecule has 0 bridgehead atoms. The molecule has 1 aromatic carbocycles. The molecule has 3 aromatic rings. The maximum Gasteiger partial charge on any atom is 0.250 e. The van der Waals surface area contributed by atoms with E-state index in [4.69, 9.17) is 11.6 Å². The predicted octanol–water partition coefficient (Wildman–Crippen LogP) is 4.35.